The van der Waals surface area contributed by atoms with Gasteiger partial charge in [0.2, 0.25) is 0 Å². The third kappa shape index (κ3) is 5.16. The van der Waals surface area contributed by atoms with Crippen LogP contribution < -0.4 is 9.46 Å². The maximum atomic E-state index is 14.0. The van der Waals surface area contributed by atoms with Gasteiger partial charge in [-0.2, -0.15) is 0 Å². The summed E-state index contributed by atoms with van der Waals surface area (Å²) in [6.45, 7) is 4.32. The molecule has 10 heteroatoms. The van der Waals surface area contributed by atoms with Gasteiger partial charge in [-0.1, -0.05) is 0 Å². The molecule has 0 radical (unpaired) electrons. The molecule has 1 aromatic heterocycles. The van der Waals surface area contributed by atoms with Crippen LogP contribution in [0.5, 0.6) is 5.75 Å². The molecule has 2 N–H and O–H groups in total. The van der Waals surface area contributed by atoms with Gasteiger partial charge in [0, 0.05) is 0 Å². The first-order valence-corrected chi connectivity index (χ1v) is 16.5. The van der Waals surface area contributed by atoms with Crippen molar-refractivity contribution >= 4 is 42.4 Å². The van der Waals surface area contributed by atoms with E-state index in [1.54, 1.807) is 18.2 Å². The molecule has 0 unspecified atom stereocenters. The average molecular weight is 561 g/mol. The van der Waals surface area contributed by atoms with Crippen LogP contribution in [-0.4, -0.2) is 34.1 Å². The topological polar surface area (TPSA) is 106 Å². The van der Waals surface area contributed by atoms with E-state index in [9.17, 15) is 22.7 Å². The Morgan fingerprint density at radius 2 is 1.94 bits per heavy atom. The molecule has 35 heavy (non-hydrogen) atoms. The van der Waals surface area contributed by atoms with Gasteiger partial charge < -0.3 is 4.42 Å². The zero-order valence-corrected chi connectivity index (χ0v) is 21.9. The summed E-state index contributed by atoms with van der Waals surface area (Å²) in [5.74, 6) is -1.29. The Labute approximate surface area is 207 Å². The predicted molar refractivity (Wildman–Crippen MR) is 133 cm³/mol. The molecule has 0 saturated carbocycles. The number of carboxylic acid groups (broad SMARTS) is 1. The number of rotatable bonds is 9. The summed E-state index contributed by atoms with van der Waals surface area (Å²) in [5, 5.41) is 13.0. The quantitative estimate of drug-likeness (QED) is 0.310. The number of furan rings is 1. The number of ether oxygens (including phenoxy) is 1. The van der Waals surface area contributed by atoms with Crippen LogP contribution in [0.25, 0.3) is 17.2 Å². The van der Waals surface area contributed by atoms with Gasteiger partial charge in [0.1, 0.15) is 5.76 Å². The van der Waals surface area contributed by atoms with Crippen molar-refractivity contribution in [1.29, 1.82) is 0 Å². The average Bonchev–Trinajstić information content (AvgIpc) is 3.30. The van der Waals surface area contributed by atoms with Crippen LogP contribution in [0.2, 0.25) is 15.6 Å². The number of halogens is 1. The summed E-state index contributed by atoms with van der Waals surface area (Å²) in [4.78, 5) is 12.0. The number of nitrogens with one attached hydrogen (secondary N) is 1. The van der Waals surface area contributed by atoms with E-state index in [0.29, 0.717) is 16.9 Å². The second-order valence-electron chi connectivity index (χ2n) is 7.89. The van der Waals surface area contributed by atoms with Gasteiger partial charge in [0.05, 0.1) is 6.26 Å². The molecule has 0 bridgehead atoms. The Hall–Kier alpha value is -3.03. The van der Waals surface area contributed by atoms with Crippen LogP contribution in [0, 0.1) is 5.82 Å². The Morgan fingerprint density at radius 3 is 2.66 bits per heavy atom. The fraction of sp³-hybridized carbons (Fsp3) is 0.240. The van der Waals surface area contributed by atoms with Gasteiger partial charge >= 0.3 is 186 Å². The van der Waals surface area contributed by atoms with Crippen LogP contribution in [-0.2, 0) is 16.6 Å². The smallest absolute Gasteiger partial charge is 0.465 e. The normalized spacial score (nSPS) is 12.9. The molecule has 4 rings (SSSR count). The molecule has 1 aliphatic rings. The molecule has 0 atom stereocenters. The first kappa shape index (κ1) is 25.1. The molecule has 184 valence electrons. The first-order chi connectivity index (χ1) is 16.7. The third-order valence-corrected chi connectivity index (χ3v) is 12.5. The van der Waals surface area contributed by atoms with E-state index in [1.165, 1.54) is 18.4 Å². The zero-order chi connectivity index (χ0) is 25.2. The van der Waals surface area contributed by atoms with Gasteiger partial charge in [-0.05, 0) is 6.07 Å². The van der Waals surface area contributed by atoms with E-state index in [2.05, 4.69) is 18.6 Å². The van der Waals surface area contributed by atoms with E-state index in [0.717, 1.165) is 27.8 Å². The summed E-state index contributed by atoms with van der Waals surface area (Å²) in [5.41, 5.74) is 0.934. The van der Waals surface area contributed by atoms with Crippen molar-refractivity contribution in [2.24, 2.45) is 0 Å². The van der Waals surface area contributed by atoms with Crippen molar-refractivity contribution in [2.75, 3.05) is 4.72 Å². The number of benzene rings is 2. The van der Waals surface area contributed by atoms with Gasteiger partial charge in [-0.3, -0.25) is 0 Å². The summed E-state index contributed by atoms with van der Waals surface area (Å²) < 4.78 is 54.0. The molecule has 0 saturated heterocycles. The second kappa shape index (κ2) is 10.3. The van der Waals surface area contributed by atoms with E-state index < -0.39 is 36.5 Å². The number of anilines is 1. The Balaban J connectivity index is 1.72. The summed E-state index contributed by atoms with van der Waals surface area (Å²) in [6.07, 6.45) is 5.01. The molecule has 1 aliphatic heterocycles. The molecule has 0 amide bonds. The molecule has 0 spiro atoms. The van der Waals surface area contributed by atoms with Crippen molar-refractivity contribution in [1.82, 2.24) is 0 Å². The number of hydrogen-bond donors (Lipinski definition) is 2. The van der Waals surface area contributed by atoms with Crippen LogP contribution >= 0.6 is 0 Å². The van der Waals surface area contributed by atoms with Crippen LogP contribution in [0.15, 0.2) is 58.1 Å². The van der Waals surface area contributed by atoms with Gasteiger partial charge in [0.25, 0.3) is 0 Å². The van der Waals surface area contributed by atoms with Crippen molar-refractivity contribution in [2.45, 2.75) is 41.0 Å². The molecule has 0 fully saturated rings. The minimum Gasteiger partial charge on any atom is -0.465 e. The Bertz CT molecular complexity index is 1390. The maximum absolute atomic E-state index is 14.0. The van der Waals surface area contributed by atoms with Crippen LogP contribution in [0.3, 0.4) is 0 Å². The van der Waals surface area contributed by atoms with Crippen LogP contribution in [0.4, 0.5) is 10.1 Å². The number of carbonyl (C=O) groups is 1. The Morgan fingerprint density at radius 1 is 1.17 bits per heavy atom. The fourth-order valence-electron chi connectivity index (χ4n) is 3.98. The summed E-state index contributed by atoms with van der Waals surface area (Å²) in [7, 11) is -4.25. The molecule has 2 heterocycles. The molecule has 3 aromatic rings. The third-order valence-electron chi connectivity index (χ3n) is 5.82. The number of allylic oxidation sites excluding steroid dienone is 1. The van der Waals surface area contributed by atoms with Gasteiger partial charge in [-0.15, -0.1) is 0 Å². The van der Waals surface area contributed by atoms with E-state index >= 15 is 0 Å². The van der Waals surface area contributed by atoms with Gasteiger partial charge in [-0.25, -0.2) is 0 Å². The van der Waals surface area contributed by atoms with Crippen molar-refractivity contribution in [3.63, 3.8) is 0 Å². The van der Waals surface area contributed by atoms with Crippen molar-refractivity contribution in [3.8, 4) is 16.9 Å². The monoisotopic (exact) mass is 561 g/mol. The SMILES string of the molecule is CC[As](CC)CC=Cc1cc(F)ccc1S(=O)(=O)Nc1ccc2c(c1C(=O)O)OCc1occc1-2. The zero-order valence-electron chi connectivity index (χ0n) is 19.2. The molecule has 0 aliphatic carbocycles. The second-order valence-corrected chi connectivity index (χ2v) is 15.8. The number of aromatic carboxylic acids is 1. The molecule has 7 nitrogen and oxygen atoms in total. The number of fused-ring (bicyclic) bond motifs is 3. The number of hydrogen-bond acceptors (Lipinski definition) is 5. The van der Waals surface area contributed by atoms with Crippen molar-refractivity contribution in [3.05, 3.63) is 71.4 Å². The van der Waals surface area contributed by atoms with E-state index in [4.69, 9.17) is 9.15 Å². The predicted octanol–water partition coefficient (Wildman–Crippen LogP) is 6.02. The number of sulfonamides is 1. The fourth-order valence-corrected chi connectivity index (χ4v) is 8.10. The molecular formula is C25H25AsFNO6S. The summed E-state index contributed by atoms with van der Waals surface area (Å²) >= 11 is -1.01. The summed E-state index contributed by atoms with van der Waals surface area (Å²) in [6, 6.07) is 8.07. The minimum absolute atomic E-state index is 0.0265. The van der Waals surface area contributed by atoms with E-state index in [1.807, 2.05) is 6.08 Å². The Kier molecular flexibility index (Phi) is 7.38. The minimum atomic E-state index is -4.25. The standard InChI is InChI=1S/C25H25AsFNO6S/c1-3-26(4-2)12-5-6-16-14-17(27)7-10-22(16)35(31,32)28-20-9-8-19-18-11-13-33-21(18)15-34-24(19)23(20)25(29)30/h5-11,13-14,28H,3-4,12,15H2,1-2H3,(H,29,30). The van der Waals surface area contributed by atoms with Crippen LogP contribution in [0.1, 0.15) is 35.5 Å². The van der Waals surface area contributed by atoms with Crippen molar-refractivity contribution < 1.29 is 31.9 Å². The first-order valence-electron chi connectivity index (χ1n) is 11.1. The van der Waals surface area contributed by atoms with E-state index in [-0.39, 0.29) is 34.1 Å². The number of carboxylic acids is 1. The molecule has 2 aromatic carbocycles. The molecular weight excluding hydrogens is 536 g/mol. The van der Waals surface area contributed by atoms with Gasteiger partial charge in [0.15, 0.2) is 0 Å².